The van der Waals surface area contributed by atoms with Crippen molar-refractivity contribution in [2.75, 3.05) is 5.75 Å². The fourth-order valence-electron chi connectivity index (χ4n) is 2.09. The van der Waals surface area contributed by atoms with Gasteiger partial charge in [-0.1, -0.05) is 59.3 Å². The van der Waals surface area contributed by atoms with Crippen molar-refractivity contribution in [2.24, 2.45) is 0 Å². The van der Waals surface area contributed by atoms with Crippen LogP contribution in [-0.2, 0) is 11.3 Å². The zero-order chi connectivity index (χ0) is 17.6. The number of aryl methyl sites for hydroxylation is 1. The van der Waals surface area contributed by atoms with E-state index in [0.29, 0.717) is 22.7 Å². The van der Waals surface area contributed by atoms with Crippen LogP contribution in [-0.4, -0.2) is 21.9 Å². The van der Waals surface area contributed by atoms with Gasteiger partial charge in [0, 0.05) is 17.1 Å². The predicted octanol–water partition coefficient (Wildman–Crippen LogP) is 4.11. The largest absolute Gasteiger partial charge is 0.411 e. The van der Waals surface area contributed by atoms with Gasteiger partial charge in [0.15, 0.2) is 0 Å². The number of carbonyl (C=O) groups is 1. The molecule has 2 aromatic carbocycles. The van der Waals surface area contributed by atoms with Gasteiger partial charge in [0.2, 0.25) is 11.8 Å². The fourth-order valence-corrected chi connectivity index (χ4v) is 2.87. The smallest absolute Gasteiger partial charge is 0.277 e. The van der Waals surface area contributed by atoms with Crippen LogP contribution in [0.15, 0.2) is 58.2 Å². The molecule has 0 aliphatic carbocycles. The number of halogens is 1. The van der Waals surface area contributed by atoms with Gasteiger partial charge in [-0.2, -0.15) is 0 Å². The minimum atomic E-state index is -0.0897. The van der Waals surface area contributed by atoms with Crippen molar-refractivity contribution < 1.29 is 9.21 Å². The Labute approximate surface area is 154 Å². The first-order valence-corrected chi connectivity index (χ1v) is 9.01. The second-order valence-electron chi connectivity index (χ2n) is 5.43. The van der Waals surface area contributed by atoms with Gasteiger partial charge in [-0.25, -0.2) is 0 Å². The van der Waals surface area contributed by atoms with Crippen molar-refractivity contribution in [1.29, 1.82) is 0 Å². The molecule has 25 heavy (non-hydrogen) atoms. The van der Waals surface area contributed by atoms with Gasteiger partial charge < -0.3 is 9.73 Å². The molecule has 3 rings (SSSR count). The van der Waals surface area contributed by atoms with Crippen molar-refractivity contribution in [3.05, 3.63) is 64.7 Å². The molecule has 1 amide bonds. The monoisotopic (exact) mass is 373 g/mol. The number of hydrogen-bond acceptors (Lipinski definition) is 5. The molecule has 1 heterocycles. The molecule has 0 saturated heterocycles. The molecule has 0 spiro atoms. The average molecular weight is 374 g/mol. The van der Waals surface area contributed by atoms with Crippen molar-refractivity contribution in [1.82, 2.24) is 15.5 Å². The molecule has 0 bridgehead atoms. The molecule has 0 radical (unpaired) electrons. The van der Waals surface area contributed by atoms with Crippen LogP contribution in [0, 0.1) is 6.92 Å². The van der Waals surface area contributed by atoms with Crippen LogP contribution < -0.4 is 5.32 Å². The van der Waals surface area contributed by atoms with E-state index in [-0.39, 0.29) is 11.7 Å². The second kappa shape index (κ2) is 8.18. The number of carbonyl (C=O) groups excluding carboxylic acids is 1. The molecular formula is C18H16ClN3O2S. The molecule has 7 heteroatoms. The van der Waals surface area contributed by atoms with Gasteiger partial charge in [-0.3, -0.25) is 4.79 Å². The van der Waals surface area contributed by atoms with Gasteiger partial charge >= 0.3 is 0 Å². The number of aromatic nitrogens is 2. The molecule has 0 atom stereocenters. The SMILES string of the molecule is Cc1ccc(CNC(=O)CSc2nnc(-c3cccc(Cl)c3)o2)cc1. The van der Waals surface area contributed by atoms with E-state index in [0.717, 1.165) is 11.1 Å². The molecule has 0 unspecified atom stereocenters. The Morgan fingerprint density at radius 3 is 2.76 bits per heavy atom. The topological polar surface area (TPSA) is 68.0 Å². The third-order valence-corrected chi connectivity index (χ3v) is 4.47. The molecule has 0 aliphatic heterocycles. The highest BCUT2D eigenvalue weighted by atomic mass is 35.5. The molecule has 0 aliphatic rings. The highest BCUT2D eigenvalue weighted by molar-refractivity contribution is 7.99. The Bertz CT molecular complexity index is 865. The summed E-state index contributed by atoms with van der Waals surface area (Å²) in [5.41, 5.74) is 3.00. The summed E-state index contributed by atoms with van der Waals surface area (Å²) in [6, 6.07) is 15.2. The van der Waals surface area contributed by atoms with E-state index in [9.17, 15) is 4.79 Å². The maximum Gasteiger partial charge on any atom is 0.277 e. The Kier molecular flexibility index (Phi) is 5.73. The van der Waals surface area contributed by atoms with E-state index in [1.807, 2.05) is 43.3 Å². The zero-order valence-corrected chi connectivity index (χ0v) is 15.1. The average Bonchev–Trinajstić information content (AvgIpc) is 3.08. The third-order valence-electron chi connectivity index (χ3n) is 3.42. The van der Waals surface area contributed by atoms with Crippen LogP contribution in [0.4, 0.5) is 0 Å². The maximum atomic E-state index is 11.9. The number of rotatable bonds is 6. The van der Waals surface area contributed by atoms with Gasteiger partial charge in [0.05, 0.1) is 5.75 Å². The zero-order valence-electron chi connectivity index (χ0n) is 13.5. The Morgan fingerprint density at radius 2 is 2.00 bits per heavy atom. The number of thioether (sulfide) groups is 1. The first kappa shape index (κ1) is 17.5. The minimum Gasteiger partial charge on any atom is -0.411 e. The molecule has 0 saturated carbocycles. The lowest BCUT2D eigenvalue weighted by Gasteiger charge is -2.04. The molecular weight excluding hydrogens is 358 g/mol. The van der Waals surface area contributed by atoms with E-state index in [4.69, 9.17) is 16.0 Å². The molecule has 1 N–H and O–H groups in total. The lowest BCUT2D eigenvalue weighted by atomic mass is 10.1. The van der Waals surface area contributed by atoms with Crippen molar-refractivity contribution >= 4 is 29.3 Å². The summed E-state index contributed by atoms with van der Waals surface area (Å²) in [6.45, 7) is 2.53. The molecule has 3 aromatic rings. The summed E-state index contributed by atoms with van der Waals surface area (Å²) in [7, 11) is 0. The summed E-state index contributed by atoms with van der Waals surface area (Å²) in [4.78, 5) is 11.9. The van der Waals surface area contributed by atoms with Crippen molar-refractivity contribution in [2.45, 2.75) is 18.7 Å². The molecule has 0 fully saturated rings. The second-order valence-corrected chi connectivity index (χ2v) is 6.80. The number of hydrogen-bond donors (Lipinski definition) is 1. The van der Waals surface area contributed by atoms with Gasteiger partial charge in [-0.15, -0.1) is 10.2 Å². The summed E-state index contributed by atoms with van der Waals surface area (Å²) in [6.07, 6.45) is 0. The number of amides is 1. The Balaban J connectivity index is 1.50. The summed E-state index contributed by atoms with van der Waals surface area (Å²) in [5, 5.41) is 11.7. The highest BCUT2D eigenvalue weighted by Crippen LogP contribution is 2.24. The fraction of sp³-hybridized carbons (Fsp3) is 0.167. The van der Waals surface area contributed by atoms with E-state index in [2.05, 4.69) is 15.5 Å². The Hall–Kier alpha value is -2.31. The van der Waals surface area contributed by atoms with Crippen LogP contribution >= 0.6 is 23.4 Å². The molecule has 1 aromatic heterocycles. The van der Waals surface area contributed by atoms with Crippen LogP contribution in [0.2, 0.25) is 5.02 Å². The highest BCUT2D eigenvalue weighted by Gasteiger charge is 2.11. The Morgan fingerprint density at radius 1 is 1.20 bits per heavy atom. The van der Waals surface area contributed by atoms with Gasteiger partial charge in [0.25, 0.3) is 5.22 Å². The third kappa shape index (κ3) is 5.08. The van der Waals surface area contributed by atoms with Crippen LogP contribution in [0.3, 0.4) is 0 Å². The quantitative estimate of drug-likeness (QED) is 0.658. The summed E-state index contributed by atoms with van der Waals surface area (Å²) < 4.78 is 5.55. The van der Waals surface area contributed by atoms with Crippen LogP contribution in [0.5, 0.6) is 0 Å². The van der Waals surface area contributed by atoms with Crippen LogP contribution in [0.25, 0.3) is 11.5 Å². The van der Waals surface area contributed by atoms with E-state index < -0.39 is 0 Å². The lowest BCUT2D eigenvalue weighted by molar-refractivity contribution is -0.118. The van der Waals surface area contributed by atoms with Crippen LogP contribution in [0.1, 0.15) is 11.1 Å². The normalized spacial score (nSPS) is 10.6. The van der Waals surface area contributed by atoms with E-state index in [1.165, 1.54) is 17.3 Å². The predicted molar refractivity (Wildman–Crippen MR) is 98.5 cm³/mol. The summed E-state index contributed by atoms with van der Waals surface area (Å²) in [5.74, 6) is 0.501. The molecule has 128 valence electrons. The number of nitrogens with one attached hydrogen (secondary N) is 1. The first-order chi connectivity index (χ1) is 12.1. The summed E-state index contributed by atoms with van der Waals surface area (Å²) >= 11 is 7.15. The van der Waals surface area contributed by atoms with Crippen molar-refractivity contribution in [3.63, 3.8) is 0 Å². The number of nitrogens with zero attached hydrogens (tertiary/aromatic N) is 2. The minimum absolute atomic E-state index is 0.0897. The lowest BCUT2D eigenvalue weighted by Crippen LogP contribution is -2.24. The van der Waals surface area contributed by atoms with Gasteiger partial charge in [-0.05, 0) is 30.7 Å². The standard InChI is InChI=1S/C18H16ClN3O2S/c1-12-5-7-13(8-6-12)10-20-16(23)11-25-18-22-21-17(24-18)14-3-2-4-15(19)9-14/h2-9H,10-11H2,1H3,(H,20,23). The maximum absolute atomic E-state index is 11.9. The number of benzene rings is 2. The molecule has 5 nitrogen and oxygen atoms in total. The van der Waals surface area contributed by atoms with Crippen molar-refractivity contribution in [3.8, 4) is 11.5 Å². The van der Waals surface area contributed by atoms with E-state index >= 15 is 0 Å². The van der Waals surface area contributed by atoms with E-state index in [1.54, 1.807) is 12.1 Å². The first-order valence-electron chi connectivity index (χ1n) is 7.64. The van der Waals surface area contributed by atoms with Gasteiger partial charge in [0.1, 0.15) is 0 Å².